The van der Waals surface area contributed by atoms with Gasteiger partial charge >= 0.3 is 0 Å². The van der Waals surface area contributed by atoms with Crippen LogP contribution >= 0.6 is 0 Å². The molecule has 1 aliphatic rings. The molecule has 1 saturated heterocycles. The monoisotopic (exact) mass is 154 g/mol. The first-order chi connectivity index (χ1) is 5.15. The smallest absolute Gasteiger partial charge is 0.0332 e. The van der Waals surface area contributed by atoms with Crippen molar-refractivity contribution in [3.8, 4) is 0 Å². The number of allylic oxidation sites excluding steroid dienone is 1. The van der Waals surface area contributed by atoms with Crippen LogP contribution in [0.5, 0.6) is 0 Å². The average molecular weight is 154 g/mol. The summed E-state index contributed by atoms with van der Waals surface area (Å²) in [4.78, 5) is 2.36. The standard InChI is InChI=1S/C9H18N2/c1-7(2)11-6-9(10-4)5-8(11)3/h8-10H,1,5-6H2,2-4H3. The normalized spacial score (nSPS) is 31.0. The molecule has 0 radical (unpaired) electrons. The van der Waals surface area contributed by atoms with E-state index in [1.54, 1.807) is 0 Å². The Balaban J connectivity index is 2.51. The van der Waals surface area contributed by atoms with Gasteiger partial charge in [0.1, 0.15) is 0 Å². The highest BCUT2D eigenvalue weighted by Crippen LogP contribution is 2.20. The summed E-state index contributed by atoms with van der Waals surface area (Å²) < 4.78 is 0. The van der Waals surface area contributed by atoms with E-state index < -0.39 is 0 Å². The van der Waals surface area contributed by atoms with E-state index >= 15 is 0 Å². The molecule has 2 atom stereocenters. The van der Waals surface area contributed by atoms with Gasteiger partial charge in [-0.05, 0) is 27.3 Å². The molecule has 1 N–H and O–H groups in total. The van der Waals surface area contributed by atoms with Crippen LogP contribution in [0, 0.1) is 0 Å². The van der Waals surface area contributed by atoms with Crippen molar-refractivity contribution in [1.29, 1.82) is 0 Å². The van der Waals surface area contributed by atoms with Gasteiger partial charge in [-0.1, -0.05) is 6.58 Å². The first kappa shape index (κ1) is 8.60. The third kappa shape index (κ3) is 1.74. The van der Waals surface area contributed by atoms with E-state index in [2.05, 4.69) is 30.6 Å². The van der Waals surface area contributed by atoms with E-state index in [9.17, 15) is 0 Å². The van der Waals surface area contributed by atoms with Crippen molar-refractivity contribution in [3.05, 3.63) is 12.3 Å². The van der Waals surface area contributed by atoms with Gasteiger partial charge in [-0.25, -0.2) is 0 Å². The van der Waals surface area contributed by atoms with Crippen LogP contribution in [0.1, 0.15) is 20.3 Å². The lowest BCUT2D eigenvalue weighted by molar-refractivity contribution is 0.339. The summed E-state index contributed by atoms with van der Waals surface area (Å²) in [6.45, 7) is 9.41. The molecule has 0 aromatic heterocycles. The highest BCUT2D eigenvalue weighted by Gasteiger charge is 2.26. The molecule has 11 heavy (non-hydrogen) atoms. The Morgan fingerprint density at radius 1 is 1.64 bits per heavy atom. The zero-order valence-corrected chi connectivity index (χ0v) is 7.72. The van der Waals surface area contributed by atoms with Gasteiger partial charge in [0.2, 0.25) is 0 Å². The quantitative estimate of drug-likeness (QED) is 0.643. The van der Waals surface area contributed by atoms with Gasteiger partial charge in [-0.3, -0.25) is 0 Å². The number of hydrogen-bond donors (Lipinski definition) is 1. The van der Waals surface area contributed by atoms with Crippen LogP contribution in [0.4, 0.5) is 0 Å². The van der Waals surface area contributed by atoms with Gasteiger partial charge in [-0.15, -0.1) is 0 Å². The van der Waals surface area contributed by atoms with Gasteiger partial charge in [-0.2, -0.15) is 0 Å². The molecule has 0 spiro atoms. The van der Waals surface area contributed by atoms with Crippen molar-refractivity contribution in [1.82, 2.24) is 10.2 Å². The fourth-order valence-electron chi connectivity index (χ4n) is 1.77. The van der Waals surface area contributed by atoms with E-state index in [4.69, 9.17) is 0 Å². The van der Waals surface area contributed by atoms with Crippen LogP contribution in [0.3, 0.4) is 0 Å². The van der Waals surface area contributed by atoms with Crippen molar-refractivity contribution in [2.24, 2.45) is 0 Å². The second-order valence-electron chi connectivity index (χ2n) is 3.46. The number of hydrogen-bond acceptors (Lipinski definition) is 2. The van der Waals surface area contributed by atoms with Gasteiger partial charge in [0.15, 0.2) is 0 Å². The largest absolute Gasteiger partial charge is 0.371 e. The average Bonchev–Trinajstić information content (AvgIpc) is 2.30. The molecule has 0 aromatic rings. The van der Waals surface area contributed by atoms with E-state index in [-0.39, 0.29) is 0 Å². The maximum atomic E-state index is 3.95. The number of likely N-dealkylation sites (N-methyl/N-ethyl adjacent to an activating group) is 1. The van der Waals surface area contributed by atoms with Crippen LogP contribution in [-0.2, 0) is 0 Å². The maximum absolute atomic E-state index is 3.95. The molecule has 1 fully saturated rings. The van der Waals surface area contributed by atoms with Gasteiger partial charge in [0.05, 0.1) is 0 Å². The minimum Gasteiger partial charge on any atom is -0.371 e. The molecule has 64 valence electrons. The third-order valence-corrected chi connectivity index (χ3v) is 2.47. The van der Waals surface area contributed by atoms with Crippen molar-refractivity contribution < 1.29 is 0 Å². The van der Waals surface area contributed by atoms with Gasteiger partial charge in [0, 0.05) is 24.3 Å². The van der Waals surface area contributed by atoms with Crippen molar-refractivity contribution in [3.63, 3.8) is 0 Å². The van der Waals surface area contributed by atoms with E-state index in [0.717, 1.165) is 6.54 Å². The zero-order valence-electron chi connectivity index (χ0n) is 7.72. The molecule has 2 nitrogen and oxygen atoms in total. The second-order valence-corrected chi connectivity index (χ2v) is 3.46. The minimum absolute atomic E-state index is 0.654. The summed E-state index contributed by atoms with van der Waals surface area (Å²) >= 11 is 0. The molecule has 1 aliphatic heterocycles. The predicted molar refractivity (Wildman–Crippen MR) is 48.4 cm³/mol. The molecule has 2 heteroatoms. The fourth-order valence-corrected chi connectivity index (χ4v) is 1.77. The summed E-state index contributed by atoms with van der Waals surface area (Å²) in [5, 5.41) is 3.30. The van der Waals surface area contributed by atoms with Crippen molar-refractivity contribution >= 4 is 0 Å². The second kappa shape index (κ2) is 3.26. The van der Waals surface area contributed by atoms with Gasteiger partial charge in [0.25, 0.3) is 0 Å². The molecular weight excluding hydrogens is 136 g/mol. The molecule has 2 unspecified atom stereocenters. The first-order valence-electron chi connectivity index (χ1n) is 4.24. The summed E-state index contributed by atoms with van der Waals surface area (Å²) in [5.74, 6) is 0. The molecule has 1 rings (SSSR count). The van der Waals surface area contributed by atoms with Crippen molar-refractivity contribution in [2.75, 3.05) is 13.6 Å². The Labute approximate surface area is 69.3 Å². The molecule has 0 aliphatic carbocycles. The number of likely N-dealkylation sites (tertiary alicyclic amines) is 1. The third-order valence-electron chi connectivity index (χ3n) is 2.47. The van der Waals surface area contributed by atoms with Crippen molar-refractivity contribution in [2.45, 2.75) is 32.4 Å². The Morgan fingerprint density at radius 2 is 2.27 bits per heavy atom. The van der Waals surface area contributed by atoms with E-state index in [1.165, 1.54) is 12.1 Å². The van der Waals surface area contributed by atoms with Crippen LogP contribution in [-0.4, -0.2) is 30.6 Å². The lowest BCUT2D eigenvalue weighted by atomic mass is 10.2. The van der Waals surface area contributed by atoms with E-state index in [0.29, 0.717) is 12.1 Å². The summed E-state index contributed by atoms with van der Waals surface area (Å²) in [6, 6.07) is 1.31. The molecule has 1 heterocycles. The predicted octanol–water partition coefficient (Wildman–Crippen LogP) is 1.20. The molecule has 0 aromatic carbocycles. The lowest BCUT2D eigenvalue weighted by Gasteiger charge is -2.23. The molecular formula is C9H18N2. The van der Waals surface area contributed by atoms with Crippen LogP contribution in [0.25, 0.3) is 0 Å². The zero-order chi connectivity index (χ0) is 8.43. The SMILES string of the molecule is C=C(C)N1CC(NC)CC1C. The van der Waals surface area contributed by atoms with Crippen LogP contribution < -0.4 is 5.32 Å². The number of rotatable bonds is 2. The van der Waals surface area contributed by atoms with E-state index in [1.807, 2.05) is 7.05 Å². The summed E-state index contributed by atoms with van der Waals surface area (Å²) in [7, 11) is 2.03. The number of nitrogens with one attached hydrogen (secondary N) is 1. The Kier molecular flexibility index (Phi) is 2.55. The van der Waals surface area contributed by atoms with Gasteiger partial charge < -0.3 is 10.2 Å². The maximum Gasteiger partial charge on any atom is 0.0332 e. The highest BCUT2D eigenvalue weighted by molar-refractivity contribution is 4.99. The molecule has 0 amide bonds. The lowest BCUT2D eigenvalue weighted by Crippen LogP contribution is -2.29. The number of nitrogens with zero attached hydrogens (tertiary/aromatic N) is 1. The highest BCUT2D eigenvalue weighted by atomic mass is 15.2. The fraction of sp³-hybridized carbons (Fsp3) is 0.778. The first-order valence-corrected chi connectivity index (χ1v) is 4.24. The molecule has 0 bridgehead atoms. The Hall–Kier alpha value is -0.500. The van der Waals surface area contributed by atoms with Crippen LogP contribution in [0.2, 0.25) is 0 Å². The Morgan fingerprint density at radius 3 is 2.55 bits per heavy atom. The Bertz CT molecular complexity index is 154. The molecule has 0 saturated carbocycles. The van der Waals surface area contributed by atoms with Crippen LogP contribution in [0.15, 0.2) is 12.3 Å². The topological polar surface area (TPSA) is 15.3 Å². The summed E-state index contributed by atoms with van der Waals surface area (Å²) in [6.07, 6.45) is 1.24. The minimum atomic E-state index is 0.654. The summed E-state index contributed by atoms with van der Waals surface area (Å²) in [5.41, 5.74) is 1.19.